The monoisotopic (exact) mass is 437 g/mol. The molecule has 0 bridgehead atoms. The SMILES string of the molecule is Cc1ccc(NC(=O)c2sc3nc(-c4ccc5c(c4)OCO5)ccc3c2N)cc1Cl. The van der Waals surface area contributed by atoms with Gasteiger partial charge < -0.3 is 20.5 Å². The van der Waals surface area contributed by atoms with E-state index in [1.807, 2.05) is 43.3 Å². The smallest absolute Gasteiger partial charge is 0.267 e. The van der Waals surface area contributed by atoms with Gasteiger partial charge in [-0.15, -0.1) is 11.3 Å². The summed E-state index contributed by atoms with van der Waals surface area (Å²) in [5.41, 5.74) is 9.88. The highest BCUT2D eigenvalue weighted by Crippen LogP contribution is 2.38. The first kappa shape index (κ1) is 18.7. The van der Waals surface area contributed by atoms with Gasteiger partial charge in [-0.2, -0.15) is 0 Å². The third kappa shape index (κ3) is 3.22. The Balaban J connectivity index is 1.47. The summed E-state index contributed by atoms with van der Waals surface area (Å²) in [6, 6.07) is 14.8. The highest BCUT2D eigenvalue weighted by molar-refractivity contribution is 7.21. The van der Waals surface area contributed by atoms with E-state index < -0.39 is 0 Å². The van der Waals surface area contributed by atoms with Gasteiger partial charge in [-0.1, -0.05) is 17.7 Å². The molecule has 2 aromatic carbocycles. The van der Waals surface area contributed by atoms with Crippen LogP contribution in [0.15, 0.2) is 48.5 Å². The van der Waals surface area contributed by atoms with Crippen molar-refractivity contribution in [3.63, 3.8) is 0 Å². The number of anilines is 2. The van der Waals surface area contributed by atoms with Gasteiger partial charge in [0.15, 0.2) is 11.5 Å². The first-order valence-corrected chi connectivity index (χ1v) is 10.4. The second-order valence-electron chi connectivity index (χ2n) is 6.88. The molecule has 0 saturated heterocycles. The molecule has 1 amide bonds. The van der Waals surface area contributed by atoms with Crippen LogP contribution in [-0.2, 0) is 0 Å². The van der Waals surface area contributed by atoms with E-state index in [-0.39, 0.29) is 12.7 Å². The van der Waals surface area contributed by atoms with Gasteiger partial charge in [-0.25, -0.2) is 4.98 Å². The van der Waals surface area contributed by atoms with Crippen molar-refractivity contribution in [1.29, 1.82) is 0 Å². The van der Waals surface area contributed by atoms with Crippen LogP contribution in [0.2, 0.25) is 5.02 Å². The largest absolute Gasteiger partial charge is 0.454 e. The van der Waals surface area contributed by atoms with Crippen LogP contribution in [0.4, 0.5) is 11.4 Å². The Kier molecular flexibility index (Phi) is 4.49. The molecule has 0 radical (unpaired) electrons. The Morgan fingerprint density at radius 3 is 2.80 bits per heavy atom. The lowest BCUT2D eigenvalue weighted by molar-refractivity contribution is 0.103. The molecule has 1 aliphatic rings. The minimum atomic E-state index is -0.292. The van der Waals surface area contributed by atoms with E-state index in [1.165, 1.54) is 11.3 Å². The van der Waals surface area contributed by atoms with Gasteiger partial charge in [0.1, 0.15) is 9.71 Å². The number of aryl methyl sites for hydroxylation is 1. The van der Waals surface area contributed by atoms with Crippen LogP contribution < -0.4 is 20.5 Å². The molecule has 4 aromatic rings. The normalized spacial score (nSPS) is 12.3. The van der Waals surface area contributed by atoms with Crippen LogP contribution in [0.3, 0.4) is 0 Å². The second-order valence-corrected chi connectivity index (χ2v) is 8.29. The van der Waals surface area contributed by atoms with E-state index >= 15 is 0 Å². The number of aromatic nitrogens is 1. The summed E-state index contributed by atoms with van der Waals surface area (Å²) in [6.45, 7) is 2.12. The summed E-state index contributed by atoms with van der Waals surface area (Å²) in [6.07, 6.45) is 0. The van der Waals surface area contributed by atoms with Gasteiger partial charge >= 0.3 is 0 Å². The van der Waals surface area contributed by atoms with Crippen LogP contribution >= 0.6 is 22.9 Å². The molecule has 2 aromatic heterocycles. The summed E-state index contributed by atoms with van der Waals surface area (Å²) in [4.78, 5) is 18.6. The Labute approximate surface area is 181 Å². The molecular weight excluding hydrogens is 422 g/mol. The minimum Gasteiger partial charge on any atom is -0.454 e. The number of carbonyl (C=O) groups excluding carboxylic acids is 1. The number of nitrogens with two attached hydrogens (primary N) is 1. The fourth-order valence-corrected chi connectivity index (χ4v) is 4.41. The van der Waals surface area contributed by atoms with Crippen LogP contribution in [-0.4, -0.2) is 17.7 Å². The van der Waals surface area contributed by atoms with Gasteiger partial charge in [0.2, 0.25) is 6.79 Å². The topological polar surface area (TPSA) is 86.5 Å². The molecule has 30 heavy (non-hydrogen) atoms. The molecule has 1 aliphatic heterocycles. The molecule has 3 N–H and O–H groups in total. The van der Waals surface area contributed by atoms with Crippen molar-refractivity contribution in [2.45, 2.75) is 6.92 Å². The van der Waals surface area contributed by atoms with Gasteiger partial charge in [-0.3, -0.25) is 4.79 Å². The van der Waals surface area contributed by atoms with Crippen molar-refractivity contribution in [3.8, 4) is 22.8 Å². The number of hydrogen-bond acceptors (Lipinski definition) is 6. The number of nitrogens with one attached hydrogen (secondary N) is 1. The molecule has 0 spiro atoms. The fraction of sp³-hybridized carbons (Fsp3) is 0.0909. The van der Waals surface area contributed by atoms with E-state index in [4.69, 9.17) is 31.8 Å². The van der Waals surface area contributed by atoms with Crippen LogP contribution in [0.5, 0.6) is 11.5 Å². The molecule has 3 heterocycles. The zero-order valence-electron chi connectivity index (χ0n) is 15.9. The molecule has 5 rings (SSSR count). The maximum absolute atomic E-state index is 12.8. The number of pyridine rings is 1. The lowest BCUT2D eigenvalue weighted by atomic mass is 10.1. The third-order valence-corrected chi connectivity index (χ3v) is 6.42. The number of thiophene rings is 1. The van der Waals surface area contributed by atoms with Crippen molar-refractivity contribution in [2.75, 3.05) is 17.8 Å². The van der Waals surface area contributed by atoms with E-state index in [0.29, 0.717) is 31.9 Å². The molecule has 150 valence electrons. The maximum atomic E-state index is 12.8. The van der Waals surface area contributed by atoms with Crippen molar-refractivity contribution in [3.05, 3.63) is 64.0 Å². The zero-order valence-corrected chi connectivity index (χ0v) is 17.4. The Bertz CT molecular complexity index is 1320. The third-order valence-electron chi connectivity index (χ3n) is 4.90. The molecule has 6 nitrogen and oxygen atoms in total. The quantitative estimate of drug-likeness (QED) is 0.442. The zero-order chi connectivity index (χ0) is 20.8. The number of ether oxygens (including phenoxy) is 2. The van der Waals surface area contributed by atoms with Gasteiger partial charge in [0, 0.05) is 21.7 Å². The molecule has 8 heteroatoms. The molecule has 0 fully saturated rings. The van der Waals surface area contributed by atoms with Crippen molar-refractivity contribution >= 4 is 50.4 Å². The molecule has 0 aliphatic carbocycles. The fourth-order valence-electron chi connectivity index (χ4n) is 3.24. The highest BCUT2D eigenvalue weighted by Gasteiger charge is 2.19. The Morgan fingerprint density at radius 2 is 1.97 bits per heavy atom. The van der Waals surface area contributed by atoms with E-state index in [9.17, 15) is 4.79 Å². The maximum Gasteiger partial charge on any atom is 0.267 e. The number of rotatable bonds is 3. The van der Waals surface area contributed by atoms with Crippen LogP contribution in [0.1, 0.15) is 15.2 Å². The van der Waals surface area contributed by atoms with E-state index in [0.717, 1.165) is 28.0 Å². The summed E-state index contributed by atoms with van der Waals surface area (Å²) in [7, 11) is 0. The van der Waals surface area contributed by atoms with Gasteiger partial charge in [0.05, 0.1) is 11.4 Å². The second kappa shape index (κ2) is 7.19. The number of halogens is 1. The average molecular weight is 438 g/mol. The van der Waals surface area contributed by atoms with Crippen molar-refractivity contribution < 1.29 is 14.3 Å². The van der Waals surface area contributed by atoms with Crippen molar-refractivity contribution in [2.24, 2.45) is 0 Å². The lowest BCUT2D eigenvalue weighted by Crippen LogP contribution is -2.11. The first-order chi connectivity index (χ1) is 14.5. The molecule has 0 saturated carbocycles. The standard InChI is InChI=1S/C22H16ClN3O3S/c1-11-2-4-13(9-15(11)23)25-21(27)20-19(24)14-5-6-16(26-22(14)30-20)12-3-7-17-18(8-12)29-10-28-17/h2-9H,10,24H2,1H3,(H,25,27). The summed E-state index contributed by atoms with van der Waals surface area (Å²) in [5.74, 6) is 1.12. The number of nitrogens with zero attached hydrogens (tertiary/aromatic N) is 1. The summed E-state index contributed by atoms with van der Waals surface area (Å²) >= 11 is 7.41. The molecule has 0 unspecified atom stereocenters. The predicted molar refractivity (Wildman–Crippen MR) is 120 cm³/mol. The number of hydrogen-bond donors (Lipinski definition) is 2. The number of amides is 1. The van der Waals surface area contributed by atoms with E-state index in [2.05, 4.69) is 5.32 Å². The van der Waals surface area contributed by atoms with Crippen LogP contribution in [0.25, 0.3) is 21.5 Å². The average Bonchev–Trinajstić information content (AvgIpc) is 3.34. The Morgan fingerprint density at radius 1 is 1.13 bits per heavy atom. The lowest BCUT2D eigenvalue weighted by Gasteiger charge is -2.06. The number of fused-ring (bicyclic) bond motifs is 2. The number of nitrogen functional groups attached to an aromatic ring is 1. The van der Waals surface area contributed by atoms with Crippen molar-refractivity contribution in [1.82, 2.24) is 4.98 Å². The molecular formula is C22H16ClN3O3S. The summed E-state index contributed by atoms with van der Waals surface area (Å²) < 4.78 is 10.8. The van der Waals surface area contributed by atoms with E-state index in [1.54, 1.807) is 12.1 Å². The highest BCUT2D eigenvalue weighted by atomic mass is 35.5. The molecule has 0 atom stereocenters. The predicted octanol–water partition coefficient (Wildman–Crippen LogP) is 5.49. The first-order valence-electron chi connectivity index (χ1n) is 9.16. The number of carbonyl (C=O) groups is 1. The Hall–Kier alpha value is -3.29. The number of benzene rings is 2. The van der Waals surface area contributed by atoms with Gasteiger partial charge in [-0.05, 0) is 55.0 Å². The minimum absolute atomic E-state index is 0.220. The van der Waals surface area contributed by atoms with Gasteiger partial charge in [0.25, 0.3) is 5.91 Å². The summed E-state index contributed by atoms with van der Waals surface area (Å²) in [5, 5.41) is 4.19. The van der Waals surface area contributed by atoms with Crippen LogP contribution in [0, 0.1) is 6.92 Å².